The molecule has 0 atom stereocenters. The average molecular weight is 228 g/mol. The van der Waals surface area contributed by atoms with Crippen molar-refractivity contribution in [3.8, 4) is 0 Å². The van der Waals surface area contributed by atoms with Crippen molar-refractivity contribution >= 4 is 6.08 Å². The molecule has 0 aromatic carbocycles. The minimum absolute atomic E-state index is 0. The zero-order valence-electron chi connectivity index (χ0n) is 7.55. The van der Waals surface area contributed by atoms with Gasteiger partial charge in [0.15, 0.2) is 11.9 Å². The van der Waals surface area contributed by atoms with Gasteiger partial charge in [0, 0.05) is 18.1 Å². The number of rotatable bonds is 2. The van der Waals surface area contributed by atoms with Gasteiger partial charge in [-0.25, -0.2) is 4.57 Å². The van der Waals surface area contributed by atoms with Crippen LogP contribution in [0.2, 0.25) is 0 Å². The molecule has 1 rings (SSSR count). The van der Waals surface area contributed by atoms with Crippen LogP contribution in [0.1, 0.15) is 18.2 Å². The van der Waals surface area contributed by atoms with E-state index in [0.29, 0.717) is 0 Å². The highest BCUT2D eigenvalue weighted by atomic mass is 79.9. The van der Waals surface area contributed by atoms with Gasteiger partial charge >= 0.3 is 0 Å². The Bertz CT molecular complexity index is 269. The molecule has 0 bridgehead atoms. The first-order valence-electron chi connectivity index (χ1n) is 3.89. The highest BCUT2D eigenvalue weighted by Gasteiger charge is 2.02. The number of hydrogen-bond donors (Lipinski definition) is 0. The van der Waals surface area contributed by atoms with Crippen LogP contribution in [-0.2, 0) is 13.5 Å². The van der Waals surface area contributed by atoms with E-state index < -0.39 is 0 Å². The van der Waals surface area contributed by atoms with Crippen LogP contribution >= 0.6 is 0 Å². The fourth-order valence-corrected chi connectivity index (χ4v) is 1.15. The number of aryl methyl sites for hydroxylation is 2. The van der Waals surface area contributed by atoms with E-state index in [1.807, 2.05) is 6.08 Å². The zero-order chi connectivity index (χ0) is 8.27. The summed E-state index contributed by atoms with van der Waals surface area (Å²) in [4.78, 5) is 0. The molecule has 1 aromatic heterocycles. The van der Waals surface area contributed by atoms with E-state index in [-0.39, 0.29) is 17.0 Å². The fraction of sp³-hybridized carbons (Fsp3) is 0.300. The van der Waals surface area contributed by atoms with Gasteiger partial charge in [-0.2, -0.15) is 0 Å². The summed E-state index contributed by atoms with van der Waals surface area (Å²) < 4.78 is 2.14. The van der Waals surface area contributed by atoms with E-state index >= 15 is 0 Å². The molecule has 66 valence electrons. The number of aromatic nitrogens is 1. The summed E-state index contributed by atoms with van der Waals surface area (Å²) in [5.41, 5.74) is 2.51. The van der Waals surface area contributed by atoms with Gasteiger partial charge in [-0.05, 0) is 6.07 Å². The molecular weight excluding hydrogens is 214 g/mol. The highest BCUT2D eigenvalue weighted by Crippen LogP contribution is 1.99. The molecule has 0 fully saturated rings. The summed E-state index contributed by atoms with van der Waals surface area (Å²) in [6.07, 6.45) is 5.03. The predicted octanol–water partition coefficient (Wildman–Crippen LogP) is -1.28. The molecule has 0 aliphatic rings. The molecule has 1 aromatic rings. The maximum atomic E-state index is 3.71. The lowest BCUT2D eigenvalue weighted by Gasteiger charge is -1.96. The lowest BCUT2D eigenvalue weighted by molar-refractivity contribution is -0.679. The normalized spacial score (nSPS) is 8.83. The second-order valence-corrected chi connectivity index (χ2v) is 2.62. The van der Waals surface area contributed by atoms with Gasteiger partial charge in [0.2, 0.25) is 0 Å². The van der Waals surface area contributed by atoms with E-state index in [4.69, 9.17) is 0 Å². The summed E-state index contributed by atoms with van der Waals surface area (Å²) in [5, 5.41) is 0. The molecule has 0 aliphatic carbocycles. The van der Waals surface area contributed by atoms with E-state index in [0.717, 1.165) is 6.42 Å². The largest absolute Gasteiger partial charge is 1.00 e. The molecule has 0 saturated carbocycles. The van der Waals surface area contributed by atoms with Crippen molar-refractivity contribution in [2.75, 3.05) is 0 Å². The van der Waals surface area contributed by atoms with Crippen LogP contribution in [0.25, 0.3) is 6.08 Å². The quantitative estimate of drug-likeness (QED) is 0.555. The molecule has 0 unspecified atom stereocenters. The minimum atomic E-state index is 0. The van der Waals surface area contributed by atoms with Gasteiger partial charge in [0.1, 0.15) is 7.05 Å². The lowest BCUT2D eigenvalue weighted by Crippen LogP contribution is -3.00. The Balaban J connectivity index is 0.00000121. The molecule has 12 heavy (non-hydrogen) atoms. The third kappa shape index (κ3) is 2.45. The number of pyridine rings is 1. The van der Waals surface area contributed by atoms with Crippen molar-refractivity contribution in [2.24, 2.45) is 7.05 Å². The molecule has 0 N–H and O–H groups in total. The molecule has 0 aliphatic heterocycles. The maximum absolute atomic E-state index is 3.71. The Hall–Kier alpha value is -0.630. The second kappa shape index (κ2) is 5.09. The smallest absolute Gasteiger partial charge is 0.180 e. The maximum Gasteiger partial charge on any atom is 0.180 e. The van der Waals surface area contributed by atoms with Crippen LogP contribution < -0.4 is 21.5 Å². The molecule has 1 nitrogen and oxygen atoms in total. The van der Waals surface area contributed by atoms with Gasteiger partial charge in [-0.1, -0.05) is 19.6 Å². The molecule has 0 radical (unpaired) electrons. The Morgan fingerprint density at radius 1 is 1.50 bits per heavy atom. The first kappa shape index (κ1) is 11.4. The van der Waals surface area contributed by atoms with Gasteiger partial charge in [-0.3, -0.25) is 0 Å². The molecular formula is C10H14BrN. The molecule has 1 heterocycles. The van der Waals surface area contributed by atoms with Crippen molar-refractivity contribution in [1.82, 2.24) is 0 Å². The fourth-order valence-electron chi connectivity index (χ4n) is 1.15. The monoisotopic (exact) mass is 227 g/mol. The van der Waals surface area contributed by atoms with Crippen molar-refractivity contribution in [3.05, 3.63) is 36.2 Å². The third-order valence-electron chi connectivity index (χ3n) is 1.86. The van der Waals surface area contributed by atoms with E-state index in [1.165, 1.54) is 11.3 Å². The first-order valence-corrected chi connectivity index (χ1v) is 3.89. The van der Waals surface area contributed by atoms with E-state index in [9.17, 15) is 0 Å². The van der Waals surface area contributed by atoms with Crippen LogP contribution in [0.15, 0.2) is 24.9 Å². The minimum Gasteiger partial charge on any atom is -1.00 e. The first-order chi connectivity index (χ1) is 5.27. The lowest BCUT2D eigenvalue weighted by atomic mass is 10.2. The van der Waals surface area contributed by atoms with Crippen molar-refractivity contribution < 1.29 is 21.5 Å². The Kier molecular flexibility index (Phi) is 4.83. The standard InChI is InChI=1S/C10H14N.BrH/c1-4-9-6-7-10(5-2)11(3)8-9;/h4,6-8H,1,5H2,2-3H3;1H/q+1;/p-1. The number of halogens is 1. The Morgan fingerprint density at radius 2 is 2.17 bits per heavy atom. The van der Waals surface area contributed by atoms with E-state index in [1.54, 1.807) is 0 Å². The van der Waals surface area contributed by atoms with Gasteiger partial charge < -0.3 is 17.0 Å². The average Bonchev–Trinajstić information content (AvgIpc) is 2.04. The van der Waals surface area contributed by atoms with Crippen LogP contribution in [0, 0.1) is 0 Å². The van der Waals surface area contributed by atoms with Gasteiger partial charge in [-0.15, -0.1) is 0 Å². The SMILES string of the molecule is C=Cc1ccc(CC)[n+](C)c1.[Br-]. The second-order valence-electron chi connectivity index (χ2n) is 2.62. The molecule has 2 heteroatoms. The Morgan fingerprint density at radius 3 is 2.58 bits per heavy atom. The van der Waals surface area contributed by atoms with E-state index in [2.05, 4.69) is 43.4 Å². The highest BCUT2D eigenvalue weighted by molar-refractivity contribution is 5.43. The summed E-state index contributed by atoms with van der Waals surface area (Å²) in [6, 6.07) is 4.23. The molecule has 0 saturated heterocycles. The van der Waals surface area contributed by atoms with Crippen LogP contribution in [0.4, 0.5) is 0 Å². The third-order valence-corrected chi connectivity index (χ3v) is 1.86. The summed E-state index contributed by atoms with van der Waals surface area (Å²) >= 11 is 0. The molecule has 0 amide bonds. The predicted molar refractivity (Wildman–Crippen MR) is 47.1 cm³/mol. The molecule has 0 spiro atoms. The van der Waals surface area contributed by atoms with Crippen molar-refractivity contribution in [1.29, 1.82) is 0 Å². The van der Waals surface area contributed by atoms with Crippen molar-refractivity contribution in [2.45, 2.75) is 13.3 Å². The summed E-state index contributed by atoms with van der Waals surface area (Å²) in [7, 11) is 2.06. The van der Waals surface area contributed by atoms with Crippen LogP contribution in [0.3, 0.4) is 0 Å². The summed E-state index contributed by atoms with van der Waals surface area (Å²) in [6.45, 7) is 5.87. The zero-order valence-corrected chi connectivity index (χ0v) is 9.13. The van der Waals surface area contributed by atoms with Crippen LogP contribution in [0.5, 0.6) is 0 Å². The topological polar surface area (TPSA) is 3.88 Å². The number of hydrogen-bond acceptors (Lipinski definition) is 0. The Labute approximate surface area is 84.5 Å². The summed E-state index contributed by atoms with van der Waals surface area (Å²) in [5.74, 6) is 0. The van der Waals surface area contributed by atoms with Gasteiger partial charge in [0.05, 0.1) is 0 Å². The van der Waals surface area contributed by atoms with Crippen LogP contribution in [-0.4, -0.2) is 0 Å². The van der Waals surface area contributed by atoms with Crippen molar-refractivity contribution in [3.63, 3.8) is 0 Å². The number of nitrogens with zero attached hydrogens (tertiary/aromatic N) is 1. The van der Waals surface area contributed by atoms with Gasteiger partial charge in [0.25, 0.3) is 0 Å².